The van der Waals surface area contributed by atoms with Gasteiger partial charge in [-0.3, -0.25) is 4.79 Å². The summed E-state index contributed by atoms with van der Waals surface area (Å²) in [5.41, 5.74) is 0.913. The van der Waals surface area contributed by atoms with Gasteiger partial charge >= 0.3 is 11.9 Å². The van der Waals surface area contributed by atoms with Crippen LogP contribution in [0.25, 0.3) is 0 Å². The van der Waals surface area contributed by atoms with Crippen molar-refractivity contribution in [2.75, 3.05) is 11.9 Å². The van der Waals surface area contributed by atoms with Crippen LogP contribution in [-0.2, 0) is 14.3 Å². The number of nitrogens with one attached hydrogen (secondary N) is 1. The second-order valence-corrected chi connectivity index (χ2v) is 3.92. The molecule has 0 saturated carbocycles. The van der Waals surface area contributed by atoms with E-state index in [1.165, 1.54) is 31.2 Å². The second-order valence-electron chi connectivity index (χ2n) is 3.92. The van der Waals surface area contributed by atoms with E-state index in [1.54, 1.807) is 6.92 Å². The fourth-order valence-corrected chi connectivity index (χ4v) is 1.38. The first-order valence-electron chi connectivity index (χ1n) is 5.93. The van der Waals surface area contributed by atoms with Gasteiger partial charge in [0.15, 0.2) is 0 Å². The Bertz CT molecular complexity index is 545. The number of benzene rings is 1. The molecule has 0 aliphatic rings. The van der Waals surface area contributed by atoms with Gasteiger partial charge in [0.1, 0.15) is 0 Å². The summed E-state index contributed by atoms with van der Waals surface area (Å²) in [5.74, 6) is -2.14. The lowest BCUT2D eigenvalue weighted by Crippen LogP contribution is -2.14. The van der Waals surface area contributed by atoms with Crippen molar-refractivity contribution in [3.05, 3.63) is 41.5 Å². The van der Waals surface area contributed by atoms with Crippen molar-refractivity contribution in [3.63, 3.8) is 0 Å². The summed E-state index contributed by atoms with van der Waals surface area (Å²) >= 11 is 0. The highest BCUT2D eigenvalue weighted by atomic mass is 16.5. The predicted molar refractivity (Wildman–Crippen MR) is 72.4 cm³/mol. The van der Waals surface area contributed by atoms with Gasteiger partial charge in [0.2, 0.25) is 0 Å². The van der Waals surface area contributed by atoms with Crippen LogP contribution in [0.15, 0.2) is 35.9 Å². The number of hydrogen-bond donors (Lipinski definition) is 2. The molecule has 0 fully saturated rings. The van der Waals surface area contributed by atoms with Crippen molar-refractivity contribution in [2.24, 2.45) is 0 Å². The summed E-state index contributed by atoms with van der Waals surface area (Å²) in [4.78, 5) is 33.5. The van der Waals surface area contributed by atoms with Gasteiger partial charge in [0, 0.05) is 17.3 Å². The lowest BCUT2D eigenvalue weighted by atomic mass is 10.2. The van der Waals surface area contributed by atoms with Gasteiger partial charge in [0.05, 0.1) is 12.2 Å². The minimum absolute atomic E-state index is 0.0759. The first-order valence-corrected chi connectivity index (χ1v) is 5.93. The van der Waals surface area contributed by atoms with Crippen LogP contribution in [0.2, 0.25) is 0 Å². The van der Waals surface area contributed by atoms with Gasteiger partial charge in [-0.1, -0.05) is 0 Å². The van der Waals surface area contributed by atoms with Crippen LogP contribution in [0.4, 0.5) is 5.69 Å². The highest BCUT2D eigenvalue weighted by molar-refractivity contribution is 6.06. The van der Waals surface area contributed by atoms with E-state index in [0.29, 0.717) is 11.3 Å². The predicted octanol–water partition coefficient (Wildman–Crippen LogP) is 1.83. The van der Waals surface area contributed by atoms with E-state index < -0.39 is 17.8 Å². The zero-order valence-electron chi connectivity index (χ0n) is 11.2. The minimum Gasteiger partial charge on any atom is -0.478 e. The Hall–Kier alpha value is -2.63. The van der Waals surface area contributed by atoms with Crippen LogP contribution in [0.5, 0.6) is 0 Å². The van der Waals surface area contributed by atoms with Crippen LogP contribution < -0.4 is 5.32 Å². The molecule has 0 radical (unpaired) electrons. The van der Waals surface area contributed by atoms with E-state index in [9.17, 15) is 14.4 Å². The number of carboxylic acid groups (broad SMARTS) is 1. The number of esters is 1. The summed E-state index contributed by atoms with van der Waals surface area (Å²) in [6.07, 6.45) is 0.822. The van der Waals surface area contributed by atoms with Crippen molar-refractivity contribution < 1.29 is 24.2 Å². The van der Waals surface area contributed by atoms with Crippen LogP contribution in [-0.4, -0.2) is 29.6 Å². The average Bonchev–Trinajstić information content (AvgIpc) is 2.39. The molecule has 1 aromatic rings. The number of aliphatic carboxylic acids is 1. The normalized spacial score (nSPS) is 10.8. The van der Waals surface area contributed by atoms with Gasteiger partial charge in [-0.2, -0.15) is 0 Å². The van der Waals surface area contributed by atoms with Crippen LogP contribution in [0, 0.1) is 0 Å². The molecule has 1 aromatic carbocycles. The van der Waals surface area contributed by atoms with E-state index in [1.807, 2.05) is 0 Å². The molecule has 0 heterocycles. The molecule has 1 rings (SSSR count). The standard InChI is InChI=1S/C14H15NO5/c1-3-20-14(19)10-4-6-11(7-5-10)15-13(18)9(2)8-12(16)17/h4-8H,3H2,1-2H3,(H,15,18)(H,16,17)/b9-8+. The van der Waals surface area contributed by atoms with Crippen molar-refractivity contribution in [3.8, 4) is 0 Å². The van der Waals surface area contributed by atoms with E-state index in [4.69, 9.17) is 9.84 Å². The molecule has 106 valence electrons. The quantitative estimate of drug-likeness (QED) is 0.632. The molecule has 1 amide bonds. The van der Waals surface area contributed by atoms with Gasteiger partial charge in [-0.15, -0.1) is 0 Å². The van der Waals surface area contributed by atoms with E-state index in [2.05, 4.69) is 5.32 Å². The Morgan fingerprint density at radius 1 is 1.25 bits per heavy atom. The lowest BCUT2D eigenvalue weighted by molar-refractivity contribution is -0.131. The Balaban J connectivity index is 2.73. The Morgan fingerprint density at radius 3 is 2.35 bits per heavy atom. The van der Waals surface area contributed by atoms with E-state index in [0.717, 1.165) is 6.08 Å². The highest BCUT2D eigenvalue weighted by Crippen LogP contribution is 2.11. The second kappa shape index (κ2) is 7.08. The van der Waals surface area contributed by atoms with Gasteiger partial charge in [-0.05, 0) is 38.1 Å². The van der Waals surface area contributed by atoms with Crippen LogP contribution in [0.3, 0.4) is 0 Å². The van der Waals surface area contributed by atoms with Crippen molar-refractivity contribution in [2.45, 2.75) is 13.8 Å². The maximum absolute atomic E-state index is 11.6. The Labute approximate surface area is 116 Å². The maximum Gasteiger partial charge on any atom is 0.338 e. The monoisotopic (exact) mass is 277 g/mol. The average molecular weight is 277 g/mol. The molecule has 0 bridgehead atoms. The zero-order valence-corrected chi connectivity index (χ0v) is 11.2. The molecule has 0 aromatic heterocycles. The maximum atomic E-state index is 11.6. The topological polar surface area (TPSA) is 92.7 Å². The first-order chi connectivity index (χ1) is 9.43. The molecule has 6 nitrogen and oxygen atoms in total. The van der Waals surface area contributed by atoms with E-state index in [-0.39, 0.29) is 12.2 Å². The minimum atomic E-state index is -1.18. The van der Waals surface area contributed by atoms with Gasteiger partial charge in [0.25, 0.3) is 5.91 Å². The van der Waals surface area contributed by atoms with Gasteiger partial charge < -0.3 is 15.2 Å². The molecule has 6 heteroatoms. The fraction of sp³-hybridized carbons (Fsp3) is 0.214. The van der Waals surface area contributed by atoms with Crippen LogP contribution >= 0.6 is 0 Å². The van der Waals surface area contributed by atoms with Gasteiger partial charge in [-0.25, -0.2) is 9.59 Å². The fourth-order valence-electron chi connectivity index (χ4n) is 1.38. The molecule has 0 saturated heterocycles. The number of carboxylic acids is 1. The number of hydrogen-bond acceptors (Lipinski definition) is 4. The third-order valence-corrected chi connectivity index (χ3v) is 2.35. The van der Waals surface area contributed by atoms with Crippen molar-refractivity contribution >= 4 is 23.5 Å². The Kier molecular flexibility index (Phi) is 5.46. The number of rotatable bonds is 5. The van der Waals surface area contributed by atoms with E-state index >= 15 is 0 Å². The molecule has 0 unspecified atom stereocenters. The summed E-state index contributed by atoms with van der Waals surface area (Å²) in [7, 11) is 0. The smallest absolute Gasteiger partial charge is 0.338 e. The molecular formula is C14H15NO5. The number of carbonyl (C=O) groups excluding carboxylic acids is 2. The largest absolute Gasteiger partial charge is 0.478 e. The molecule has 0 aliphatic heterocycles. The number of amides is 1. The number of ether oxygens (including phenoxy) is 1. The molecule has 0 spiro atoms. The van der Waals surface area contributed by atoms with Crippen LogP contribution in [0.1, 0.15) is 24.2 Å². The molecule has 2 N–H and O–H groups in total. The SMILES string of the molecule is CCOC(=O)c1ccc(NC(=O)/C(C)=C/C(=O)O)cc1. The summed E-state index contributed by atoms with van der Waals surface area (Å²) < 4.78 is 4.83. The lowest BCUT2D eigenvalue weighted by Gasteiger charge is -2.06. The number of carbonyl (C=O) groups is 3. The molecule has 0 atom stereocenters. The molecule has 20 heavy (non-hydrogen) atoms. The third kappa shape index (κ3) is 4.56. The molecule has 0 aliphatic carbocycles. The first kappa shape index (κ1) is 15.4. The van der Waals surface area contributed by atoms with Crippen molar-refractivity contribution in [1.29, 1.82) is 0 Å². The summed E-state index contributed by atoms with van der Waals surface area (Å²) in [6.45, 7) is 3.40. The summed E-state index contributed by atoms with van der Waals surface area (Å²) in [5, 5.41) is 11.1. The zero-order chi connectivity index (χ0) is 15.1. The number of anilines is 1. The third-order valence-electron chi connectivity index (χ3n) is 2.35. The molecular weight excluding hydrogens is 262 g/mol. The summed E-state index contributed by atoms with van der Waals surface area (Å²) in [6, 6.07) is 6.12. The highest BCUT2D eigenvalue weighted by Gasteiger charge is 2.09. The Morgan fingerprint density at radius 2 is 1.85 bits per heavy atom. The van der Waals surface area contributed by atoms with Crippen molar-refractivity contribution in [1.82, 2.24) is 0 Å².